The van der Waals surface area contributed by atoms with Crippen LogP contribution in [-0.2, 0) is 4.74 Å². The first-order chi connectivity index (χ1) is 8.01. The Hall–Kier alpha value is -0.690. The van der Waals surface area contributed by atoms with E-state index in [1.807, 2.05) is 13.8 Å². The highest BCUT2D eigenvalue weighted by atomic mass is 127. The van der Waals surface area contributed by atoms with Crippen molar-refractivity contribution in [3.05, 3.63) is 15.2 Å². The molecule has 0 amide bonds. The molecule has 4 nitrogen and oxygen atoms in total. The van der Waals surface area contributed by atoms with Crippen LogP contribution in [0.3, 0.4) is 0 Å². The number of hydrogen-bond donors (Lipinski definition) is 1. The number of methoxy groups -OCH3 is 1. The van der Waals surface area contributed by atoms with Crippen molar-refractivity contribution in [1.82, 2.24) is 0 Å². The van der Waals surface area contributed by atoms with Crippen LogP contribution in [0.25, 0.3) is 0 Å². The number of benzene rings is 1. The van der Waals surface area contributed by atoms with E-state index in [0.29, 0.717) is 18.1 Å². The number of aromatic hydroxyl groups is 1. The summed E-state index contributed by atoms with van der Waals surface area (Å²) >= 11 is 2.09. The summed E-state index contributed by atoms with van der Waals surface area (Å²) in [6, 6.07) is 1.62. The number of phenolic OH excluding ortho intramolecular Hbond substituents is 1. The first kappa shape index (κ1) is 14.4. The number of ether oxygens (including phenoxy) is 3. The van der Waals surface area contributed by atoms with Gasteiger partial charge >= 0.3 is 0 Å². The van der Waals surface area contributed by atoms with Gasteiger partial charge in [0.25, 0.3) is 0 Å². The molecule has 96 valence electrons. The average Bonchev–Trinajstić information content (AvgIpc) is 2.25. The Morgan fingerprint density at radius 1 is 1.41 bits per heavy atom. The molecule has 0 aliphatic heterocycles. The third-order valence-corrected chi connectivity index (χ3v) is 3.21. The lowest BCUT2D eigenvalue weighted by molar-refractivity contribution is -0.0629. The lowest BCUT2D eigenvalue weighted by atomic mass is 10.2. The fourth-order valence-corrected chi connectivity index (χ4v) is 2.57. The highest BCUT2D eigenvalue weighted by Gasteiger charge is 2.18. The van der Waals surface area contributed by atoms with E-state index in [1.165, 1.54) is 0 Å². The van der Waals surface area contributed by atoms with Crippen LogP contribution in [0.15, 0.2) is 6.07 Å². The Morgan fingerprint density at radius 2 is 2.06 bits per heavy atom. The second-order valence-corrected chi connectivity index (χ2v) is 4.61. The minimum Gasteiger partial charge on any atom is -0.504 e. The van der Waals surface area contributed by atoms with Crippen molar-refractivity contribution in [3.8, 4) is 17.2 Å². The third-order valence-electron chi connectivity index (χ3n) is 2.23. The summed E-state index contributed by atoms with van der Waals surface area (Å²) < 4.78 is 16.9. The van der Waals surface area contributed by atoms with E-state index in [1.54, 1.807) is 20.1 Å². The molecule has 0 aliphatic carbocycles. The monoisotopic (exact) mass is 352 g/mol. The number of aryl methyl sites for hydroxylation is 1. The minimum absolute atomic E-state index is 0.0965. The topological polar surface area (TPSA) is 47.9 Å². The molecule has 0 radical (unpaired) electrons. The van der Waals surface area contributed by atoms with Gasteiger partial charge in [0.2, 0.25) is 0 Å². The molecule has 0 saturated carbocycles. The zero-order chi connectivity index (χ0) is 13.0. The molecule has 5 heteroatoms. The second-order valence-electron chi connectivity index (χ2n) is 3.53. The summed E-state index contributed by atoms with van der Waals surface area (Å²) in [7, 11) is 1.59. The number of halogens is 1. The van der Waals surface area contributed by atoms with Gasteiger partial charge in [0, 0.05) is 6.61 Å². The molecule has 1 unspecified atom stereocenters. The summed E-state index contributed by atoms with van der Waals surface area (Å²) in [4.78, 5) is 0. The quantitative estimate of drug-likeness (QED) is 0.654. The van der Waals surface area contributed by atoms with E-state index in [-0.39, 0.29) is 5.75 Å². The summed E-state index contributed by atoms with van der Waals surface area (Å²) in [5, 5.41) is 9.87. The van der Waals surface area contributed by atoms with Gasteiger partial charge in [-0.1, -0.05) is 0 Å². The molecule has 0 fully saturated rings. The van der Waals surface area contributed by atoms with Gasteiger partial charge in [0.1, 0.15) is 9.32 Å². The van der Waals surface area contributed by atoms with Crippen molar-refractivity contribution in [3.63, 3.8) is 0 Å². The SMILES string of the molecule is CCOC(C)Oc1c(O)cc(C)c(OC)c1I. The van der Waals surface area contributed by atoms with Gasteiger partial charge in [-0.3, -0.25) is 0 Å². The van der Waals surface area contributed by atoms with Crippen molar-refractivity contribution < 1.29 is 19.3 Å². The molecule has 0 aromatic heterocycles. The molecule has 0 bridgehead atoms. The number of hydrogen-bond acceptors (Lipinski definition) is 4. The van der Waals surface area contributed by atoms with E-state index in [2.05, 4.69) is 22.6 Å². The van der Waals surface area contributed by atoms with Gasteiger partial charge in [-0.15, -0.1) is 0 Å². The summed E-state index contributed by atoms with van der Waals surface area (Å²) in [6.07, 6.45) is -0.410. The molecule has 1 rings (SSSR count). The molecule has 0 spiro atoms. The lowest BCUT2D eigenvalue weighted by Crippen LogP contribution is -2.17. The smallest absolute Gasteiger partial charge is 0.197 e. The fourth-order valence-electron chi connectivity index (χ4n) is 1.52. The van der Waals surface area contributed by atoms with Crippen LogP contribution in [0.5, 0.6) is 17.2 Å². The van der Waals surface area contributed by atoms with E-state index in [4.69, 9.17) is 14.2 Å². The zero-order valence-electron chi connectivity index (χ0n) is 10.4. The van der Waals surface area contributed by atoms with Crippen molar-refractivity contribution in [2.45, 2.75) is 27.1 Å². The zero-order valence-corrected chi connectivity index (χ0v) is 12.6. The molecular formula is C12H17IO4. The maximum atomic E-state index is 9.87. The molecule has 1 aromatic rings. The van der Waals surface area contributed by atoms with Crippen LogP contribution in [-0.4, -0.2) is 25.1 Å². The Balaban J connectivity index is 3.06. The number of rotatable bonds is 5. The van der Waals surface area contributed by atoms with Crippen molar-refractivity contribution in [2.24, 2.45) is 0 Å². The van der Waals surface area contributed by atoms with Crippen LogP contribution >= 0.6 is 22.6 Å². The van der Waals surface area contributed by atoms with Crippen LogP contribution in [0.4, 0.5) is 0 Å². The van der Waals surface area contributed by atoms with Crippen LogP contribution in [0, 0.1) is 10.5 Å². The average molecular weight is 352 g/mol. The van der Waals surface area contributed by atoms with Crippen LogP contribution < -0.4 is 9.47 Å². The Bertz CT molecular complexity index is 393. The minimum atomic E-state index is -0.410. The van der Waals surface area contributed by atoms with Crippen LogP contribution in [0.2, 0.25) is 0 Å². The summed E-state index contributed by atoms with van der Waals surface area (Å²) in [5.41, 5.74) is 0.866. The van der Waals surface area contributed by atoms with Gasteiger partial charge in [-0.2, -0.15) is 0 Å². The summed E-state index contributed by atoms with van der Waals surface area (Å²) in [5.74, 6) is 1.20. The highest BCUT2D eigenvalue weighted by Crippen LogP contribution is 2.40. The molecular weight excluding hydrogens is 335 g/mol. The van der Waals surface area contributed by atoms with Crippen molar-refractivity contribution in [2.75, 3.05) is 13.7 Å². The van der Waals surface area contributed by atoms with Crippen LogP contribution in [0.1, 0.15) is 19.4 Å². The van der Waals surface area contributed by atoms with Gasteiger partial charge in [-0.05, 0) is 55.0 Å². The number of phenols is 1. The highest BCUT2D eigenvalue weighted by molar-refractivity contribution is 14.1. The van der Waals surface area contributed by atoms with E-state index >= 15 is 0 Å². The Labute approximate surface area is 115 Å². The van der Waals surface area contributed by atoms with Gasteiger partial charge in [0.15, 0.2) is 17.8 Å². The summed E-state index contributed by atoms with van der Waals surface area (Å²) in [6.45, 7) is 6.10. The normalized spacial score (nSPS) is 12.3. The largest absolute Gasteiger partial charge is 0.504 e. The standard InChI is InChI=1S/C12H17IO4/c1-5-16-8(3)17-12-9(14)6-7(2)11(15-4)10(12)13/h6,8,14H,5H2,1-4H3. The van der Waals surface area contributed by atoms with E-state index in [0.717, 1.165) is 9.13 Å². The predicted molar refractivity (Wildman–Crippen MR) is 73.8 cm³/mol. The maximum absolute atomic E-state index is 9.87. The first-order valence-corrected chi connectivity index (χ1v) is 6.43. The van der Waals surface area contributed by atoms with Gasteiger partial charge in [-0.25, -0.2) is 0 Å². The van der Waals surface area contributed by atoms with Crippen molar-refractivity contribution >= 4 is 22.6 Å². The van der Waals surface area contributed by atoms with E-state index in [9.17, 15) is 5.11 Å². The Morgan fingerprint density at radius 3 is 2.59 bits per heavy atom. The molecule has 17 heavy (non-hydrogen) atoms. The van der Waals surface area contributed by atoms with Crippen molar-refractivity contribution in [1.29, 1.82) is 0 Å². The van der Waals surface area contributed by atoms with Gasteiger partial charge < -0.3 is 19.3 Å². The fraction of sp³-hybridized carbons (Fsp3) is 0.500. The molecule has 0 saturated heterocycles. The molecule has 0 aliphatic rings. The van der Waals surface area contributed by atoms with Gasteiger partial charge in [0.05, 0.1) is 7.11 Å². The predicted octanol–water partition coefficient (Wildman–Crippen LogP) is 3.08. The third kappa shape index (κ3) is 3.38. The second kappa shape index (κ2) is 6.30. The lowest BCUT2D eigenvalue weighted by Gasteiger charge is -2.18. The molecule has 1 atom stereocenters. The first-order valence-electron chi connectivity index (χ1n) is 5.35. The maximum Gasteiger partial charge on any atom is 0.197 e. The molecule has 0 heterocycles. The molecule has 1 N–H and O–H groups in total. The van der Waals surface area contributed by atoms with E-state index < -0.39 is 6.29 Å². The molecule has 1 aromatic carbocycles. The Kier molecular flexibility index (Phi) is 5.32.